The third-order valence-corrected chi connectivity index (χ3v) is 4.02. The number of aliphatic hydroxyl groups excluding tert-OH is 1. The third kappa shape index (κ3) is 2.55. The molecule has 4 heteroatoms. The van der Waals surface area contributed by atoms with E-state index in [1.807, 2.05) is 0 Å². The van der Waals surface area contributed by atoms with Crippen molar-refractivity contribution in [2.75, 3.05) is 19.6 Å². The summed E-state index contributed by atoms with van der Waals surface area (Å²) >= 11 is 0. The third-order valence-electron chi connectivity index (χ3n) is 4.02. The number of amides is 1. The molecule has 0 unspecified atom stereocenters. The summed E-state index contributed by atoms with van der Waals surface area (Å²) in [7, 11) is 0. The summed E-state index contributed by atoms with van der Waals surface area (Å²) in [5.74, 6) is 0.680. The average molecular weight is 226 g/mol. The molecule has 1 aliphatic carbocycles. The van der Waals surface area contributed by atoms with Crippen LogP contribution in [0.1, 0.15) is 32.6 Å². The van der Waals surface area contributed by atoms with Gasteiger partial charge in [-0.3, -0.25) is 4.79 Å². The minimum absolute atomic E-state index is 0.128. The first-order valence-electron chi connectivity index (χ1n) is 6.27. The van der Waals surface area contributed by atoms with Gasteiger partial charge < -0.3 is 15.7 Å². The molecule has 2 rings (SSSR count). The second-order valence-electron chi connectivity index (χ2n) is 5.51. The minimum Gasteiger partial charge on any atom is -0.393 e. The van der Waals surface area contributed by atoms with Gasteiger partial charge in [0, 0.05) is 12.0 Å². The lowest BCUT2D eigenvalue weighted by Gasteiger charge is -2.35. The molecule has 16 heavy (non-hydrogen) atoms. The predicted molar refractivity (Wildman–Crippen MR) is 62.0 cm³/mol. The Labute approximate surface area is 96.8 Å². The molecule has 0 spiro atoms. The van der Waals surface area contributed by atoms with E-state index in [1.54, 1.807) is 0 Å². The van der Waals surface area contributed by atoms with E-state index in [0.29, 0.717) is 5.92 Å². The summed E-state index contributed by atoms with van der Waals surface area (Å²) in [5.41, 5.74) is -0.187. The molecule has 0 aromatic rings. The van der Waals surface area contributed by atoms with Crippen LogP contribution in [-0.2, 0) is 4.79 Å². The molecule has 0 atom stereocenters. The number of nitrogens with one attached hydrogen (secondary N) is 2. The van der Waals surface area contributed by atoms with E-state index in [1.165, 1.54) is 0 Å². The van der Waals surface area contributed by atoms with Gasteiger partial charge in [-0.25, -0.2) is 0 Å². The van der Waals surface area contributed by atoms with Crippen LogP contribution < -0.4 is 10.6 Å². The van der Waals surface area contributed by atoms with Gasteiger partial charge in [0.05, 0.1) is 6.10 Å². The fraction of sp³-hybridized carbons (Fsp3) is 0.917. The van der Waals surface area contributed by atoms with Crippen LogP contribution in [0, 0.1) is 11.3 Å². The summed E-state index contributed by atoms with van der Waals surface area (Å²) in [6.07, 6.45) is 3.41. The number of rotatable bonds is 3. The van der Waals surface area contributed by atoms with E-state index in [4.69, 9.17) is 5.11 Å². The molecule has 1 saturated carbocycles. The first-order valence-corrected chi connectivity index (χ1v) is 6.27. The van der Waals surface area contributed by atoms with Crippen LogP contribution >= 0.6 is 0 Å². The first-order chi connectivity index (χ1) is 7.60. The van der Waals surface area contributed by atoms with Gasteiger partial charge in [-0.1, -0.05) is 6.92 Å². The molecule has 0 aromatic heterocycles. The molecule has 2 fully saturated rings. The van der Waals surface area contributed by atoms with Crippen molar-refractivity contribution in [1.82, 2.24) is 10.6 Å². The molecule has 1 heterocycles. The van der Waals surface area contributed by atoms with Gasteiger partial charge in [0.1, 0.15) is 0 Å². The van der Waals surface area contributed by atoms with Crippen LogP contribution in [0.15, 0.2) is 0 Å². The van der Waals surface area contributed by atoms with E-state index < -0.39 is 0 Å². The lowest BCUT2D eigenvalue weighted by atomic mass is 9.79. The maximum Gasteiger partial charge on any atom is 0.226 e. The van der Waals surface area contributed by atoms with Crippen molar-refractivity contribution in [3.05, 3.63) is 0 Å². The zero-order valence-corrected chi connectivity index (χ0v) is 9.96. The van der Waals surface area contributed by atoms with Crippen molar-refractivity contribution in [1.29, 1.82) is 0 Å². The molecule has 1 aliphatic heterocycles. The van der Waals surface area contributed by atoms with E-state index in [9.17, 15) is 4.79 Å². The van der Waals surface area contributed by atoms with E-state index in [-0.39, 0.29) is 17.4 Å². The van der Waals surface area contributed by atoms with E-state index in [0.717, 1.165) is 45.3 Å². The Morgan fingerprint density at radius 1 is 1.44 bits per heavy atom. The number of carbonyl (C=O) groups excluding carboxylic acids is 1. The summed E-state index contributed by atoms with van der Waals surface area (Å²) < 4.78 is 0. The number of carbonyl (C=O) groups is 1. The van der Waals surface area contributed by atoms with Crippen LogP contribution in [0.3, 0.4) is 0 Å². The molecule has 1 saturated heterocycles. The quantitative estimate of drug-likeness (QED) is 0.647. The molecule has 0 bridgehead atoms. The Kier molecular flexibility index (Phi) is 3.50. The molecular formula is C12H22N2O2. The summed E-state index contributed by atoms with van der Waals surface area (Å²) in [6, 6.07) is 0. The van der Waals surface area contributed by atoms with E-state index >= 15 is 0 Å². The standard InChI is InChI=1S/C12H22N2O2/c1-12(2-4-13-5-3-12)11(16)14-8-9-6-10(15)7-9/h9-10,13,15H,2-8H2,1H3,(H,14,16). The zero-order chi connectivity index (χ0) is 11.6. The van der Waals surface area contributed by atoms with Crippen molar-refractivity contribution in [3.63, 3.8) is 0 Å². The Hall–Kier alpha value is -0.610. The summed E-state index contributed by atoms with van der Waals surface area (Å²) in [4.78, 5) is 12.0. The van der Waals surface area contributed by atoms with Crippen LogP contribution in [-0.4, -0.2) is 36.8 Å². The van der Waals surface area contributed by atoms with Crippen LogP contribution in [0.4, 0.5) is 0 Å². The molecule has 0 radical (unpaired) electrons. The molecular weight excluding hydrogens is 204 g/mol. The highest BCUT2D eigenvalue weighted by Gasteiger charge is 2.35. The van der Waals surface area contributed by atoms with Crippen LogP contribution in [0.25, 0.3) is 0 Å². The van der Waals surface area contributed by atoms with Crippen molar-refractivity contribution >= 4 is 5.91 Å². The average Bonchev–Trinajstić information content (AvgIpc) is 2.23. The number of hydrogen-bond donors (Lipinski definition) is 3. The minimum atomic E-state index is -0.187. The Morgan fingerprint density at radius 3 is 2.62 bits per heavy atom. The predicted octanol–water partition coefficient (Wildman–Crippen LogP) is 0.263. The fourth-order valence-corrected chi connectivity index (χ4v) is 2.52. The maximum atomic E-state index is 12.0. The molecule has 92 valence electrons. The van der Waals surface area contributed by atoms with Gasteiger partial charge in [-0.05, 0) is 44.7 Å². The van der Waals surface area contributed by atoms with Crippen LogP contribution in [0.5, 0.6) is 0 Å². The van der Waals surface area contributed by atoms with Gasteiger partial charge in [-0.15, -0.1) is 0 Å². The van der Waals surface area contributed by atoms with Crippen molar-refractivity contribution in [2.45, 2.75) is 38.7 Å². The molecule has 2 aliphatic rings. The monoisotopic (exact) mass is 226 g/mol. The number of hydrogen-bond acceptors (Lipinski definition) is 3. The number of piperidine rings is 1. The van der Waals surface area contributed by atoms with Gasteiger partial charge in [0.2, 0.25) is 5.91 Å². The van der Waals surface area contributed by atoms with Gasteiger partial charge in [0.15, 0.2) is 0 Å². The molecule has 0 aromatic carbocycles. The SMILES string of the molecule is CC1(C(=O)NCC2CC(O)C2)CCNCC1. The lowest BCUT2D eigenvalue weighted by Crippen LogP contribution is -2.48. The van der Waals surface area contributed by atoms with Crippen molar-refractivity contribution in [3.8, 4) is 0 Å². The molecule has 3 N–H and O–H groups in total. The normalized spacial score (nSPS) is 32.9. The maximum absolute atomic E-state index is 12.0. The Morgan fingerprint density at radius 2 is 2.06 bits per heavy atom. The molecule has 1 amide bonds. The highest BCUT2D eigenvalue weighted by atomic mass is 16.3. The fourth-order valence-electron chi connectivity index (χ4n) is 2.52. The summed E-state index contributed by atoms with van der Waals surface area (Å²) in [6.45, 7) is 4.66. The second-order valence-corrected chi connectivity index (χ2v) is 5.51. The number of aliphatic hydroxyl groups is 1. The van der Waals surface area contributed by atoms with Gasteiger partial charge >= 0.3 is 0 Å². The second kappa shape index (κ2) is 4.72. The Balaban J connectivity index is 1.74. The first kappa shape index (κ1) is 11.9. The van der Waals surface area contributed by atoms with E-state index in [2.05, 4.69) is 17.6 Å². The summed E-state index contributed by atoms with van der Waals surface area (Å²) in [5, 5.41) is 15.5. The smallest absolute Gasteiger partial charge is 0.226 e. The topological polar surface area (TPSA) is 61.4 Å². The largest absolute Gasteiger partial charge is 0.393 e. The highest BCUT2D eigenvalue weighted by molar-refractivity contribution is 5.82. The zero-order valence-electron chi connectivity index (χ0n) is 9.96. The van der Waals surface area contributed by atoms with Crippen LogP contribution in [0.2, 0.25) is 0 Å². The lowest BCUT2D eigenvalue weighted by molar-refractivity contribution is -0.132. The molecule has 4 nitrogen and oxygen atoms in total. The van der Waals surface area contributed by atoms with Gasteiger partial charge in [0.25, 0.3) is 0 Å². The van der Waals surface area contributed by atoms with Crippen molar-refractivity contribution in [2.24, 2.45) is 11.3 Å². The van der Waals surface area contributed by atoms with Crippen molar-refractivity contribution < 1.29 is 9.90 Å². The van der Waals surface area contributed by atoms with Gasteiger partial charge in [-0.2, -0.15) is 0 Å². The highest BCUT2D eigenvalue weighted by Crippen LogP contribution is 2.29. The Bertz CT molecular complexity index is 256.